The van der Waals surface area contributed by atoms with Crippen molar-refractivity contribution >= 4 is 71.1 Å². The molecular weight excluding hydrogens is 931 g/mol. The highest BCUT2D eigenvalue weighted by Gasteiger charge is 2.43. The summed E-state index contributed by atoms with van der Waals surface area (Å²) < 4.78 is 9.91. The number of rotatable bonds is 19. The van der Waals surface area contributed by atoms with Gasteiger partial charge in [-0.15, -0.1) is 5.10 Å². The van der Waals surface area contributed by atoms with Crippen molar-refractivity contribution in [2.45, 2.75) is 99.5 Å². The summed E-state index contributed by atoms with van der Waals surface area (Å²) in [6.07, 6.45) is -0.186. The Bertz CT molecular complexity index is 2480. The number of guanidine groups is 1. The quantitative estimate of drug-likeness (QED) is 0.0244. The Morgan fingerprint density at radius 2 is 1.51 bits per heavy atom. The average molecular weight is 990 g/mol. The second kappa shape index (κ2) is 25.0. The van der Waals surface area contributed by atoms with E-state index in [0.29, 0.717) is 17.5 Å². The van der Waals surface area contributed by atoms with E-state index in [1.807, 2.05) is 0 Å². The summed E-state index contributed by atoms with van der Waals surface area (Å²) in [6.45, 7) is -0.652. The van der Waals surface area contributed by atoms with Crippen LogP contribution in [0.2, 0.25) is 0 Å². The molecule has 4 heterocycles. The van der Waals surface area contributed by atoms with Crippen LogP contribution in [-0.4, -0.2) is 146 Å². The number of carbonyl (C=O) groups is 9. The van der Waals surface area contributed by atoms with Crippen LogP contribution < -0.4 is 59.3 Å². The van der Waals surface area contributed by atoms with Gasteiger partial charge in [-0.05, 0) is 48.9 Å². The first-order valence-electron chi connectivity index (χ1n) is 23.0. The number of carboxylic acids is 1. The molecule has 3 aromatic rings. The Labute approximate surface area is 407 Å². The molecule has 374 valence electrons. The van der Waals surface area contributed by atoms with Crippen LogP contribution in [-0.2, 0) is 53.1 Å². The third-order valence-electron chi connectivity index (χ3n) is 11.4. The molecule has 14 N–H and O–H groups in total. The normalized spacial score (nSPS) is 23.0. The Morgan fingerprint density at radius 3 is 2.24 bits per heavy atom. The molecule has 3 aliphatic heterocycles. The van der Waals surface area contributed by atoms with Crippen LogP contribution >= 0.6 is 11.8 Å². The van der Waals surface area contributed by atoms with Crippen molar-refractivity contribution in [2.24, 2.45) is 16.5 Å². The molecule has 3 aliphatic rings. The summed E-state index contributed by atoms with van der Waals surface area (Å²) in [6, 6.07) is 9.04. The first-order valence-corrected chi connectivity index (χ1v) is 23.6. The molecule has 1 aromatic heterocycles. The summed E-state index contributed by atoms with van der Waals surface area (Å²) in [7, 11) is 0. The van der Waals surface area contributed by atoms with Gasteiger partial charge in [0.15, 0.2) is 5.96 Å². The molecule has 3 saturated heterocycles. The number of nitrogens with one attached hydrogen (secondary N) is 9. The lowest BCUT2D eigenvalue weighted by Crippen LogP contribution is -2.58. The minimum absolute atomic E-state index is 0.00146. The van der Waals surface area contributed by atoms with Gasteiger partial charge in [0.2, 0.25) is 35.4 Å². The maximum Gasteiger partial charge on any atom is 0.315 e. The second-order valence-electron chi connectivity index (χ2n) is 16.7. The lowest BCUT2D eigenvalue weighted by Gasteiger charge is -2.26. The lowest BCUT2D eigenvalue weighted by atomic mass is 10.0. The standard InChI is InChI=1S/C44H57N15O10S/c45-43(46)48-15-4-7-28-39(65)50-20-35(61)51-31(18-36(62)63)42(68)54-30(17-24-5-2-1-3-6-24)41(67)53-29(40(66)52-28)14-16-47-38(64)26-10-8-25(9-11-26)21-59-22-27(57-58-59)19-49-34(60)13-12-33-37-32(23-70-33)55-44(69)56-37/h1-3,5-6,8-11,22,28-33,37H,4,7,12-21,23H2,(H,47,64)(H,49,60)(H,50,65)(H,51,61)(H,52,66)(H,53,67)(H,54,68)(H,62,63)(H4,45,46,48)(H2,55,56,69)/t28-,29-,30+,31-,32-,33-,37-/m0/s1/i22T. The highest BCUT2D eigenvalue weighted by atomic mass is 32.2. The fourth-order valence-corrected chi connectivity index (χ4v) is 9.33. The molecule has 6 rings (SSSR count). The van der Waals surface area contributed by atoms with Gasteiger partial charge in [0, 0.05) is 42.5 Å². The molecule has 2 aromatic carbocycles. The SMILES string of the molecule is [3H]c1c(CNC(=O)CC[C@@H]2SC[C@@H]3NC(=O)N[C@@H]32)nnn1Cc1ccc(C(=O)NCC[C@@H]2NC(=O)[C@@H](Cc3ccccc3)NC(=O)[C@H](CC(=O)O)NC(=O)CNC(=O)[C@H](CCCN=C(N)N)NC2=O)cc1. The predicted octanol–water partition coefficient (Wildman–Crippen LogP) is -3.15. The molecule has 0 bridgehead atoms. The van der Waals surface area contributed by atoms with Crippen molar-refractivity contribution in [1.82, 2.24) is 62.8 Å². The molecule has 0 radical (unpaired) electrons. The maximum absolute atomic E-state index is 14.1. The molecule has 3 fully saturated rings. The first-order chi connectivity index (χ1) is 34.0. The van der Waals surface area contributed by atoms with Gasteiger partial charge >= 0.3 is 12.0 Å². The Hall–Kier alpha value is -7.77. The van der Waals surface area contributed by atoms with E-state index in [1.54, 1.807) is 66.4 Å². The topological polar surface area (TPSA) is 377 Å². The van der Waals surface area contributed by atoms with Crippen molar-refractivity contribution in [3.63, 3.8) is 0 Å². The van der Waals surface area contributed by atoms with Gasteiger partial charge in [0.25, 0.3) is 5.91 Å². The molecule has 26 heteroatoms. The predicted molar refractivity (Wildman–Crippen MR) is 252 cm³/mol. The number of amides is 9. The molecule has 0 spiro atoms. The van der Waals surface area contributed by atoms with Crippen molar-refractivity contribution < 1.29 is 49.6 Å². The third kappa shape index (κ3) is 15.6. The van der Waals surface area contributed by atoms with Crippen LogP contribution in [0.4, 0.5) is 4.79 Å². The number of thioether (sulfide) groups is 1. The number of fused-ring (bicyclic) bond motifs is 1. The fraction of sp³-hybridized carbons (Fsp3) is 0.455. The summed E-state index contributed by atoms with van der Waals surface area (Å²) in [5.74, 6) is -6.03. The smallest absolute Gasteiger partial charge is 0.315 e. The van der Waals surface area contributed by atoms with Gasteiger partial charge in [-0.2, -0.15) is 11.8 Å². The zero-order chi connectivity index (χ0) is 51.0. The summed E-state index contributed by atoms with van der Waals surface area (Å²) >= 11 is 1.71. The Kier molecular flexibility index (Phi) is 17.9. The number of carbonyl (C=O) groups excluding carboxylic acids is 8. The number of aliphatic imine (C=N–C) groups is 1. The van der Waals surface area contributed by atoms with Crippen LogP contribution in [0, 0.1) is 0 Å². The number of hydrogen-bond donors (Lipinski definition) is 12. The highest BCUT2D eigenvalue weighted by Crippen LogP contribution is 2.32. The molecule has 0 aliphatic carbocycles. The number of hydrogen-bond acceptors (Lipinski definition) is 13. The second-order valence-corrected chi connectivity index (χ2v) is 18.0. The van der Waals surface area contributed by atoms with E-state index in [9.17, 15) is 48.3 Å². The minimum Gasteiger partial charge on any atom is -0.481 e. The van der Waals surface area contributed by atoms with Crippen LogP contribution in [0.5, 0.6) is 0 Å². The number of urea groups is 1. The van der Waals surface area contributed by atoms with Crippen molar-refractivity contribution in [1.29, 1.82) is 0 Å². The van der Waals surface area contributed by atoms with Gasteiger partial charge in [-0.3, -0.25) is 43.3 Å². The number of benzene rings is 2. The third-order valence-corrected chi connectivity index (χ3v) is 12.9. The van der Waals surface area contributed by atoms with Crippen molar-refractivity contribution in [3.8, 4) is 0 Å². The number of nitrogens with two attached hydrogens (primary N) is 2. The van der Waals surface area contributed by atoms with Gasteiger partial charge in [0.05, 0.1) is 45.7 Å². The summed E-state index contributed by atoms with van der Waals surface area (Å²) in [5.41, 5.74) is 12.6. The molecule has 70 heavy (non-hydrogen) atoms. The van der Waals surface area contributed by atoms with Crippen LogP contribution in [0.1, 0.15) is 67.1 Å². The van der Waals surface area contributed by atoms with E-state index in [0.717, 1.165) is 5.75 Å². The van der Waals surface area contributed by atoms with Crippen LogP contribution in [0.3, 0.4) is 0 Å². The molecule has 25 nitrogen and oxygen atoms in total. The van der Waals surface area contributed by atoms with E-state index < -0.39 is 78.5 Å². The lowest BCUT2D eigenvalue weighted by molar-refractivity contribution is -0.141. The van der Waals surface area contributed by atoms with Gasteiger partial charge in [-0.1, -0.05) is 47.7 Å². The molecule has 0 unspecified atom stereocenters. The van der Waals surface area contributed by atoms with Gasteiger partial charge in [-0.25, -0.2) is 9.48 Å². The van der Waals surface area contributed by atoms with Crippen molar-refractivity contribution in [2.75, 3.05) is 25.4 Å². The van der Waals surface area contributed by atoms with Gasteiger partial charge in [0.1, 0.15) is 29.9 Å². The Balaban J connectivity index is 1.09. The molecule has 0 saturated carbocycles. The van der Waals surface area contributed by atoms with E-state index in [1.165, 1.54) is 4.68 Å². The summed E-state index contributed by atoms with van der Waals surface area (Å²) in [4.78, 5) is 121. The fourth-order valence-electron chi connectivity index (χ4n) is 7.84. The highest BCUT2D eigenvalue weighted by molar-refractivity contribution is 8.00. The van der Waals surface area contributed by atoms with Crippen molar-refractivity contribution in [3.05, 3.63) is 83.2 Å². The summed E-state index contributed by atoms with van der Waals surface area (Å²) in [5, 5.41) is 41.5. The Morgan fingerprint density at radius 1 is 0.814 bits per heavy atom. The van der Waals surface area contributed by atoms with E-state index in [-0.39, 0.29) is 111 Å². The zero-order valence-corrected chi connectivity index (χ0v) is 38.7. The number of aliphatic carboxylic acids is 1. The number of carboxylic acid groups (broad SMARTS) is 1. The first kappa shape index (κ1) is 50.1. The van der Waals surface area contributed by atoms with E-state index in [2.05, 4.69) is 63.2 Å². The van der Waals surface area contributed by atoms with E-state index in [4.69, 9.17) is 12.8 Å². The maximum atomic E-state index is 14.1. The number of nitrogens with zero attached hydrogens (tertiary/aromatic N) is 4. The monoisotopic (exact) mass is 989 g/mol. The van der Waals surface area contributed by atoms with Gasteiger partial charge < -0.3 is 64.4 Å². The van der Waals surface area contributed by atoms with Crippen LogP contribution in [0.25, 0.3) is 0 Å². The largest absolute Gasteiger partial charge is 0.481 e. The minimum atomic E-state index is -1.65. The molecule has 7 atom stereocenters. The van der Waals surface area contributed by atoms with E-state index >= 15 is 0 Å². The van der Waals surface area contributed by atoms with Crippen LogP contribution in [0.15, 0.2) is 65.8 Å². The molecule has 9 amide bonds. The molecular formula is C44H57N15O10S. The zero-order valence-electron chi connectivity index (χ0n) is 38.9. The average Bonchev–Trinajstić information content (AvgIpc) is 4.01. The number of aromatic nitrogens is 3.